The highest BCUT2D eigenvalue weighted by Crippen LogP contribution is 2.31. The maximum atomic E-state index is 12.0. The highest BCUT2D eigenvalue weighted by molar-refractivity contribution is 5.97. The van der Waals surface area contributed by atoms with Crippen molar-refractivity contribution in [2.24, 2.45) is 5.73 Å². The number of amides is 1. The molecular weight excluding hydrogens is 378 g/mol. The summed E-state index contributed by atoms with van der Waals surface area (Å²) >= 11 is 0. The number of anilines is 4. The van der Waals surface area contributed by atoms with Crippen molar-refractivity contribution in [1.82, 2.24) is 9.97 Å². The van der Waals surface area contributed by atoms with Crippen molar-refractivity contribution in [3.63, 3.8) is 0 Å². The molecule has 1 aliphatic heterocycles. The molecule has 2 aromatic carbocycles. The zero-order valence-corrected chi connectivity index (χ0v) is 16.8. The first-order chi connectivity index (χ1) is 14.5. The molecule has 30 heavy (non-hydrogen) atoms. The van der Waals surface area contributed by atoms with E-state index in [0.29, 0.717) is 30.4 Å². The number of benzene rings is 2. The predicted molar refractivity (Wildman–Crippen MR) is 116 cm³/mol. The van der Waals surface area contributed by atoms with E-state index in [0.717, 1.165) is 22.5 Å². The molecule has 3 aromatic rings. The number of hydrogen-bond acceptors (Lipinski definition) is 7. The van der Waals surface area contributed by atoms with E-state index in [-0.39, 0.29) is 5.56 Å². The second-order valence-corrected chi connectivity index (χ2v) is 7.27. The number of nitrogens with zero attached hydrogens (tertiary/aromatic N) is 5. The van der Waals surface area contributed by atoms with Crippen LogP contribution in [0.1, 0.15) is 27.0 Å². The molecule has 0 saturated heterocycles. The number of hydrogen-bond donors (Lipinski definition) is 2. The number of nitrogens with two attached hydrogens (primary N) is 1. The molecule has 0 aliphatic carbocycles. The summed E-state index contributed by atoms with van der Waals surface area (Å²) in [5.74, 6) is 0.220. The molecule has 150 valence electrons. The summed E-state index contributed by atoms with van der Waals surface area (Å²) in [6.07, 6.45) is 1.44. The molecule has 0 fully saturated rings. The van der Waals surface area contributed by atoms with Gasteiger partial charge in [0.05, 0.1) is 11.6 Å². The quantitative estimate of drug-likeness (QED) is 0.678. The third-order valence-electron chi connectivity index (χ3n) is 5.08. The van der Waals surface area contributed by atoms with E-state index in [1.54, 1.807) is 6.07 Å². The SMILES string of the molecule is CN(C)c1ccc(Nc2ncc(C(N)=O)c(N3Cc4cccc(C#N)c4C3)n2)cc1. The molecule has 2 heterocycles. The Labute approximate surface area is 174 Å². The molecule has 3 N–H and O–H groups in total. The van der Waals surface area contributed by atoms with Crippen molar-refractivity contribution in [3.05, 3.63) is 70.9 Å². The van der Waals surface area contributed by atoms with Crippen molar-refractivity contribution in [2.75, 3.05) is 29.2 Å². The fourth-order valence-electron chi connectivity index (χ4n) is 3.50. The first-order valence-electron chi connectivity index (χ1n) is 9.43. The minimum atomic E-state index is -0.594. The van der Waals surface area contributed by atoms with Gasteiger partial charge in [0.2, 0.25) is 5.95 Å². The van der Waals surface area contributed by atoms with Gasteiger partial charge in [-0.15, -0.1) is 0 Å². The summed E-state index contributed by atoms with van der Waals surface area (Å²) in [6.45, 7) is 1.02. The fourth-order valence-corrected chi connectivity index (χ4v) is 3.50. The molecule has 0 saturated carbocycles. The number of carbonyl (C=O) groups excluding carboxylic acids is 1. The average Bonchev–Trinajstić information content (AvgIpc) is 3.18. The molecule has 1 aromatic heterocycles. The first kappa shape index (κ1) is 19.2. The smallest absolute Gasteiger partial charge is 0.254 e. The Morgan fingerprint density at radius 3 is 2.63 bits per heavy atom. The maximum absolute atomic E-state index is 12.0. The molecule has 8 nitrogen and oxygen atoms in total. The van der Waals surface area contributed by atoms with Crippen molar-refractivity contribution in [1.29, 1.82) is 5.26 Å². The van der Waals surface area contributed by atoms with Crippen molar-refractivity contribution >= 4 is 29.0 Å². The van der Waals surface area contributed by atoms with Crippen LogP contribution in [0.4, 0.5) is 23.1 Å². The molecule has 8 heteroatoms. The van der Waals surface area contributed by atoms with Crippen LogP contribution in [0.2, 0.25) is 0 Å². The zero-order chi connectivity index (χ0) is 21.3. The van der Waals surface area contributed by atoms with Crippen LogP contribution in [-0.4, -0.2) is 30.0 Å². The van der Waals surface area contributed by atoms with Crippen LogP contribution in [-0.2, 0) is 13.1 Å². The largest absolute Gasteiger partial charge is 0.378 e. The highest BCUT2D eigenvalue weighted by atomic mass is 16.1. The van der Waals surface area contributed by atoms with Crippen LogP contribution < -0.4 is 20.9 Å². The van der Waals surface area contributed by atoms with E-state index in [9.17, 15) is 10.1 Å². The van der Waals surface area contributed by atoms with Crippen molar-refractivity contribution in [3.8, 4) is 6.07 Å². The Balaban J connectivity index is 1.64. The monoisotopic (exact) mass is 399 g/mol. The number of nitriles is 1. The first-order valence-corrected chi connectivity index (χ1v) is 9.43. The summed E-state index contributed by atoms with van der Waals surface area (Å²) in [4.78, 5) is 24.8. The molecule has 0 atom stereocenters. The Morgan fingerprint density at radius 2 is 1.97 bits per heavy atom. The minimum Gasteiger partial charge on any atom is -0.378 e. The number of aromatic nitrogens is 2. The lowest BCUT2D eigenvalue weighted by Gasteiger charge is -2.20. The fraction of sp³-hybridized carbons (Fsp3) is 0.182. The van der Waals surface area contributed by atoms with E-state index in [2.05, 4.69) is 21.4 Å². The third-order valence-corrected chi connectivity index (χ3v) is 5.08. The van der Waals surface area contributed by atoms with Gasteiger partial charge in [-0.05, 0) is 41.5 Å². The van der Waals surface area contributed by atoms with Gasteiger partial charge >= 0.3 is 0 Å². The predicted octanol–water partition coefficient (Wildman–Crippen LogP) is 2.78. The molecule has 4 rings (SSSR count). The van der Waals surface area contributed by atoms with Gasteiger partial charge in [0, 0.05) is 44.8 Å². The summed E-state index contributed by atoms with van der Waals surface area (Å²) in [6, 6.07) is 15.7. The number of nitrogens with one attached hydrogen (secondary N) is 1. The number of primary amides is 1. The second kappa shape index (κ2) is 7.72. The van der Waals surface area contributed by atoms with Gasteiger partial charge in [-0.3, -0.25) is 4.79 Å². The summed E-state index contributed by atoms with van der Waals surface area (Å²) in [5, 5.41) is 12.6. The maximum Gasteiger partial charge on any atom is 0.254 e. The number of fused-ring (bicyclic) bond motifs is 1. The molecule has 0 radical (unpaired) electrons. The van der Waals surface area contributed by atoms with Crippen LogP contribution >= 0.6 is 0 Å². The summed E-state index contributed by atoms with van der Waals surface area (Å²) in [7, 11) is 3.96. The Bertz CT molecular complexity index is 1150. The van der Waals surface area contributed by atoms with Crippen LogP contribution in [0.15, 0.2) is 48.7 Å². The Kier molecular flexibility index (Phi) is 4.94. The second-order valence-electron chi connectivity index (χ2n) is 7.27. The van der Waals surface area contributed by atoms with Gasteiger partial charge in [0.25, 0.3) is 5.91 Å². The van der Waals surface area contributed by atoms with E-state index < -0.39 is 5.91 Å². The standard InChI is InChI=1S/C22H21N7O/c1-28(2)17-8-6-16(7-9-17)26-22-25-11-18(20(24)30)21(27-22)29-12-15-5-3-4-14(10-23)19(15)13-29/h3-9,11H,12-13H2,1-2H3,(H2,24,30)(H,25,26,27). The molecule has 1 aliphatic rings. The van der Waals surface area contributed by atoms with Gasteiger partial charge in [0.15, 0.2) is 0 Å². The van der Waals surface area contributed by atoms with Gasteiger partial charge in [-0.1, -0.05) is 12.1 Å². The molecule has 0 unspecified atom stereocenters. The van der Waals surface area contributed by atoms with Crippen molar-refractivity contribution in [2.45, 2.75) is 13.1 Å². The van der Waals surface area contributed by atoms with Gasteiger partial charge in [-0.2, -0.15) is 10.2 Å². The van der Waals surface area contributed by atoms with Crippen molar-refractivity contribution < 1.29 is 4.79 Å². The van der Waals surface area contributed by atoms with E-state index in [1.165, 1.54) is 6.20 Å². The van der Waals surface area contributed by atoms with E-state index in [1.807, 2.05) is 60.3 Å². The van der Waals surface area contributed by atoms with Crippen LogP contribution in [0, 0.1) is 11.3 Å². The normalized spacial score (nSPS) is 12.2. The van der Waals surface area contributed by atoms with Gasteiger partial charge < -0.3 is 20.9 Å². The van der Waals surface area contributed by atoms with Crippen LogP contribution in [0.5, 0.6) is 0 Å². The average molecular weight is 399 g/mol. The zero-order valence-electron chi connectivity index (χ0n) is 16.8. The lowest BCUT2D eigenvalue weighted by atomic mass is 10.1. The van der Waals surface area contributed by atoms with Crippen LogP contribution in [0.3, 0.4) is 0 Å². The van der Waals surface area contributed by atoms with Crippen LogP contribution in [0.25, 0.3) is 0 Å². The molecule has 1 amide bonds. The minimum absolute atomic E-state index is 0.245. The lowest BCUT2D eigenvalue weighted by molar-refractivity contribution is 0.1000. The number of carbonyl (C=O) groups is 1. The molecule has 0 bridgehead atoms. The Morgan fingerprint density at radius 1 is 1.20 bits per heavy atom. The summed E-state index contributed by atoms with van der Waals surface area (Å²) < 4.78 is 0. The topological polar surface area (TPSA) is 111 Å². The summed E-state index contributed by atoms with van der Waals surface area (Å²) in [5.41, 5.74) is 10.3. The Hall–Kier alpha value is -4.12. The van der Waals surface area contributed by atoms with Gasteiger partial charge in [-0.25, -0.2) is 4.98 Å². The van der Waals surface area contributed by atoms with E-state index >= 15 is 0 Å². The van der Waals surface area contributed by atoms with E-state index in [4.69, 9.17) is 5.73 Å². The highest BCUT2D eigenvalue weighted by Gasteiger charge is 2.26. The van der Waals surface area contributed by atoms with Gasteiger partial charge in [0.1, 0.15) is 11.4 Å². The molecule has 0 spiro atoms. The number of rotatable bonds is 5. The molecular formula is C22H21N7O. The third kappa shape index (κ3) is 3.61. The lowest BCUT2D eigenvalue weighted by Crippen LogP contribution is -2.23.